The molecule has 0 radical (unpaired) electrons. The highest BCUT2D eigenvalue weighted by atomic mass is 16.5. The highest BCUT2D eigenvalue weighted by Gasteiger charge is 2.01. The zero-order chi connectivity index (χ0) is 14.6. The fraction of sp³-hybridized carbons (Fsp3) is 0.235. The van der Waals surface area contributed by atoms with Crippen LogP contribution in [0.3, 0.4) is 0 Å². The molecule has 0 bridgehead atoms. The third kappa shape index (κ3) is 6.59. The van der Waals surface area contributed by atoms with Crippen LogP contribution in [-0.2, 0) is 16.0 Å². The molecule has 0 aliphatic carbocycles. The van der Waals surface area contributed by atoms with Crippen molar-refractivity contribution in [3.63, 3.8) is 0 Å². The largest absolute Gasteiger partial charge is 0.466 e. The van der Waals surface area contributed by atoms with Gasteiger partial charge in [-0.1, -0.05) is 48.5 Å². The summed E-state index contributed by atoms with van der Waals surface area (Å²) >= 11 is 0. The first-order chi connectivity index (χ1) is 9.76. The van der Waals surface area contributed by atoms with Crippen LogP contribution in [-0.4, -0.2) is 19.6 Å². The van der Waals surface area contributed by atoms with Crippen LogP contribution >= 0.6 is 0 Å². The fourth-order valence-electron chi connectivity index (χ4n) is 1.58. The van der Waals surface area contributed by atoms with Crippen molar-refractivity contribution in [1.82, 2.24) is 0 Å². The number of benzene rings is 2. The van der Waals surface area contributed by atoms with Gasteiger partial charge in [0.05, 0.1) is 13.0 Å². The standard InChI is InChI=1S/C10H12O2.C7H9N/c1-2-12-10(11)8-9-6-4-3-5-7-9;1-8-7-5-3-2-4-6-7/h3-7H,2,8H2,1H3;2-6,8H,1H3. The summed E-state index contributed by atoms with van der Waals surface area (Å²) in [6.45, 7) is 2.26. The molecule has 0 fully saturated rings. The second-order valence-electron chi connectivity index (χ2n) is 4.08. The van der Waals surface area contributed by atoms with Crippen molar-refractivity contribution in [2.75, 3.05) is 19.0 Å². The summed E-state index contributed by atoms with van der Waals surface area (Å²) in [7, 11) is 1.91. The summed E-state index contributed by atoms with van der Waals surface area (Å²) < 4.78 is 4.81. The summed E-state index contributed by atoms with van der Waals surface area (Å²) in [5.74, 6) is -0.163. The molecule has 0 saturated carbocycles. The lowest BCUT2D eigenvalue weighted by molar-refractivity contribution is -0.142. The number of nitrogens with one attached hydrogen (secondary N) is 1. The van der Waals surface area contributed by atoms with E-state index in [9.17, 15) is 4.79 Å². The Morgan fingerprint density at radius 2 is 1.55 bits per heavy atom. The van der Waals surface area contributed by atoms with E-state index in [0.29, 0.717) is 13.0 Å². The Labute approximate surface area is 120 Å². The minimum atomic E-state index is -0.163. The zero-order valence-corrected chi connectivity index (χ0v) is 12.0. The van der Waals surface area contributed by atoms with E-state index < -0.39 is 0 Å². The van der Waals surface area contributed by atoms with E-state index in [1.165, 1.54) is 0 Å². The number of para-hydroxylation sites is 1. The molecule has 1 N–H and O–H groups in total. The van der Waals surface area contributed by atoms with Gasteiger partial charge in [-0.2, -0.15) is 0 Å². The fourth-order valence-corrected chi connectivity index (χ4v) is 1.58. The molecule has 20 heavy (non-hydrogen) atoms. The van der Waals surface area contributed by atoms with E-state index >= 15 is 0 Å². The number of rotatable bonds is 4. The number of esters is 1. The molecule has 2 rings (SSSR count). The Hall–Kier alpha value is -2.29. The molecule has 0 unspecified atom stereocenters. The van der Waals surface area contributed by atoms with Crippen LogP contribution in [0.2, 0.25) is 0 Å². The minimum Gasteiger partial charge on any atom is -0.466 e. The van der Waals surface area contributed by atoms with Gasteiger partial charge >= 0.3 is 5.97 Å². The van der Waals surface area contributed by atoms with Crippen LogP contribution in [0.1, 0.15) is 12.5 Å². The molecule has 3 heteroatoms. The van der Waals surface area contributed by atoms with Crippen LogP contribution in [0.5, 0.6) is 0 Å². The van der Waals surface area contributed by atoms with Crippen molar-refractivity contribution in [2.45, 2.75) is 13.3 Å². The number of hydrogen-bond donors (Lipinski definition) is 1. The van der Waals surface area contributed by atoms with Crippen molar-refractivity contribution in [3.05, 3.63) is 66.2 Å². The van der Waals surface area contributed by atoms with Gasteiger partial charge in [-0.05, 0) is 24.6 Å². The first-order valence-corrected chi connectivity index (χ1v) is 6.68. The molecule has 0 heterocycles. The Kier molecular flexibility index (Phi) is 7.58. The Balaban J connectivity index is 0.000000217. The van der Waals surface area contributed by atoms with E-state index in [1.54, 1.807) is 0 Å². The summed E-state index contributed by atoms with van der Waals surface area (Å²) in [5.41, 5.74) is 2.16. The van der Waals surface area contributed by atoms with Gasteiger partial charge in [-0.15, -0.1) is 0 Å². The molecule has 3 nitrogen and oxygen atoms in total. The molecule has 0 amide bonds. The van der Waals surface area contributed by atoms with Crippen molar-refractivity contribution >= 4 is 11.7 Å². The van der Waals surface area contributed by atoms with Gasteiger partial charge in [-0.3, -0.25) is 4.79 Å². The molecule has 2 aromatic carbocycles. The smallest absolute Gasteiger partial charge is 0.310 e. The van der Waals surface area contributed by atoms with Crippen LogP contribution in [0, 0.1) is 0 Å². The summed E-state index contributed by atoms with van der Waals surface area (Å²) in [6, 6.07) is 19.6. The van der Waals surface area contributed by atoms with Crippen LogP contribution in [0.25, 0.3) is 0 Å². The second kappa shape index (κ2) is 9.62. The highest BCUT2D eigenvalue weighted by Crippen LogP contribution is 2.01. The highest BCUT2D eigenvalue weighted by molar-refractivity contribution is 5.72. The molecular weight excluding hydrogens is 250 g/mol. The first-order valence-electron chi connectivity index (χ1n) is 6.68. The molecule has 2 aromatic rings. The Morgan fingerprint density at radius 1 is 1.00 bits per heavy atom. The van der Waals surface area contributed by atoms with Crippen molar-refractivity contribution in [3.8, 4) is 0 Å². The van der Waals surface area contributed by atoms with Crippen molar-refractivity contribution < 1.29 is 9.53 Å². The monoisotopic (exact) mass is 271 g/mol. The van der Waals surface area contributed by atoms with Crippen LogP contribution in [0.15, 0.2) is 60.7 Å². The summed E-state index contributed by atoms with van der Waals surface area (Å²) in [5, 5.41) is 3.03. The third-order valence-electron chi connectivity index (χ3n) is 2.56. The predicted octanol–water partition coefficient (Wildman–Crippen LogP) is 3.52. The average Bonchev–Trinajstić information content (AvgIpc) is 2.50. The molecule has 0 spiro atoms. The molecule has 0 aromatic heterocycles. The maximum Gasteiger partial charge on any atom is 0.310 e. The molecule has 0 aliphatic rings. The number of hydrogen-bond acceptors (Lipinski definition) is 3. The molecular formula is C17H21NO2. The topological polar surface area (TPSA) is 38.3 Å². The maximum atomic E-state index is 11.0. The number of anilines is 1. The second-order valence-corrected chi connectivity index (χ2v) is 4.08. The molecule has 106 valence electrons. The number of carbonyl (C=O) groups is 1. The first kappa shape index (κ1) is 15.8. The number of ether oxygens (including phenoxy) is 1. The van der Waals surface area contributed by atoms with Crippen molar-refractivity contribution in [1.29, 1.82) is 0 Å². The van der Waals surface area contributed by atoms with E-state index in [1.807, 2.05) is 74.6 Å². The number of carbonyl (C=O) groups excluding carboxylic acids is 1. The van der Waals surface area contributed by atoms with Crippen LogP contribution < -0.4 is 5.32 Å². The SMILES string of the molecule is CCOC(=O)Cc1ccccc1.CNc1ccccc1. The van der Waals surface area contributed by atoms with Gasteiger partial charge in [-0.25, -0.2) is 0 Å². The quantitative estimate of drug-likeness (QED) is 0.865. The van der Waals surface area contributed by atoms with Gasteiger partial charge in [0.25, 0.3) is 0 Å². The maximum absolute atomic E-state index is 11.0. The van der Waals surface area contributed by atoms with Gasteiger partial charge < -0.3 is 10.1 Å². The van der Waals surface area contributed by atoms with E-state index in [2.05, 4.69) is 5.32 Å². The lowest BCUT2D eigenvalue weighted by atomic mass is 10.2. The summed E-state index contributed by atoms with van der Waals surface area (Å²) in [4.78, 5) is 11.0. The predicted molar refractivity (Wildman–Crippen MR) is 82.8 cm³/mol. The molecule has 0 aliphatic heterocycles. The van der Waals surface area contributed by atoms with Crippen molar-refractivity contribution in [2.24, 2.45) is 0 Å². The third-order valence-corrected chi connectivity index (χ3v) is 2.56. The van der Waals surface area contributed by atoms with E-state index in [4.69, 9.17) is 4.74 Å². The minimum absolute atomic E-state index is 0.163. The van der Waals surface area contributed by atoms with Gasteiger partial charge in [0, 0.05) is 12.7 Å². The van der Waals surface area contributed by atoms with E-state index in [-0.39, 0.29) is 5.97 Å². The lowest BCUT2D eigenvalue weighted by Crippen LogP contribution is -2.06. The van der Waals surface area contributed by atoms with Gasteiger partial charge in [0.1, 0.15) is 0 Å². The van der Waals surface area contributed by atoms with Crippen LogP contribution in [0.4, 0.5) is 5.69 Å². The average molecular weight is 271 g/mol. The normalized spacial score (nSPS) is 9.10. The van der Waals surface area contributed by atoms with Gasteiger partial charge in [0.15, 0.2) is 0 Å². The Morgan fingerprint density at radius 3 is 2.00 bits per heavy atom. The molecule has 0 atom stereocenters. The Bertz CT molecular complexity index is 483. The van der Waals surface area contributed by atoms with E-state index in [0.717, 1.165) is 11.3 Å². The summed E-state index contributed by atoms with van der Waals surface area (Å²) in [6.07, 6.45) is 0.370. The van der Waals surface area contributed by atoms with Gasteiger partial charge in [0.2, 0.25) is 0 Å². The zero-order valence-electron chi connectivity index (χ0n) is 12.0. The molecule has 0 saturated heterocycles. The lowest BCUT2D eigenvalue weighted by Gasteiger charge is -2.00.